The third kappa shape index (κ3) is 5.18. The van der Waals surface area contributed by atoms with E-state index in [-0.39, 0.29) is 32.6 Å². The highest BCUT2D eigenvalue weighted by molar-refractivity contribution is 7.89. The molecule has 1 fully saturated rings. The number of carbonyl (C=O) groups is 1. The van der Waals surface area contributed by atoms with Gasteiger partial charge >= 0.3 is 6.18 Å². The lowest BCUT2D eigenvalue weighted by Crippen LogP contribution is -2.42. The number of benzene rings is 1. The summed E-state index contributed by atoms with van der Waals surface area (Å²) >= 11 is 1.08. The average molecular weight is 543 g/mol. The normalized spacial score (nSPS) is 19.5. The number of carbonyl (C=O) groups excluding carboxylic acids is 1. The van der Waals surface area contributed by atoms with Crippen LogP contribution < -0.4 is 10.9 Å². The highest BCUT2D eigenvalue weighted by atomic mass is 32.2. The monoisotopic (exact) mass is 542 g/mol. The quantitative estimate of drug-likeness (QED) is 0.524. The van der Waals surface area contributed by atoms with Gasteiger partial charge in [0.15, 0.2) is 0 Å². The van der Waals surface area contributed by atoms with Gasteiger partial charge in [-0.1, -0.05) is 19.9 Å². The van der Waals surface area contributed by atoms with Crippen molar-refractivity contribution >= 4 is 43.2 Å². The van der Waals surface area contributed by atoms with Crippen LogP contribution in [0.25, 0.3) is 10.2 Å². The van der Waals surface area contributed by atoms with E-state index >= 15 is 0 Å². The molecule has 2 atom stereocenters. The van der Waals surface area contributed by atoms with Gasteiger partial charge in [0.1, 0.15) is 16.3 Å². The van der Waals surface area contributed by atoms with Crippen LogP contribution in [0.1, 0.15) is 30.7 Å². The van der Waals surface area contributed by atoms with E-state index in [0.717, 1.165) is 46.9 Å². The number of fused-ring (bicyclic) bond motifs is 1. The molecule has 0 aliphatic carbocycles. The van der Waals surface area contributed by atoms with E-state index in [0.29, 0.717) is 18.0 Å². The van der Waals surface area contributed by atoms with Gasteiger partial charge in [-0.15, -0.1) is 11.3 Å². The number of nitrogens with one attached hydrogen (secondary N) is 1. The second-order valence-electron chi connectivity index (χ2n) is 9.24. The van der Waals surface area contributed by atoms with Gasteiger partial charge in [0.2, 0.25) is 15.9 Å². The number of nitrogens with zero attached hydrogens (tertiary/aromatic N) is 3. The van der Waals surface area contributed by atoms with E-state index in [1.54, 1.807) is 6.92 Å². The van der Waals surface area contributed by atoms with Crippen molar-refractivity contribution in [2.75, 3.05) is 18.4 Å². The molecule has 1 aliphatic rings. The molecule has 8 nitrogen and oxygen atoms in total. The van der Waals surface area contributed by atoms with Gasteiger partial charge in [-0.05, 0) is 43.4 Å². The second-order valence-corrected chi connectivity index (χ2v) is 12.3. The first kappa shape index (κ1) is 26.3. The molecule has 1 aromatic carbocycles. The number of aryl methyl sites for hydroxylation is 1. The molecular formula is C23H25F3N4O4S2. The molecule has 0 bridgehead atoms. The van der Waals surface area contributed by atoms with Crippen LogP contribution in [-0.4, -0.2) is 41.3 Å². The predicted molar refractivity (Wildman–Crippen MR) is 130 cm³/mol. The summed E-state index contributed by atoms with van der Waals surface area (Å²) in [4.78, 5) is 30.6. The van der Waals surface area contributed by atoms with Crippen molar-refractivity contribution in [1.82, 2.24) is 13.9 Å². The summed E-state index contributed by atoms with van der Waals surface area (Å²) < 4.78 is 68.4. The Balaban J connectivity index is 1.66. The van der Waals surface area contributed by atoms with E-state index in [1.807, 2.05) is 13.8 Å². The zero-order valence-electron chi connectivity index (χ0n) is 19.8. The molecule has 1 N–H and O–H groups in total. The third-order valence-electron chi connectivity index (χ3n) is 6.02. The molecule has 2 aromatic heterocycles. The van der Waals surface area contributed by atoms with Gasteiger partial charge in [0.25, 0.3) is 5.56 Å². The summed E-state index contributed by atoms with van der Waals surface area (Å²) in [5, 5.41) is 2.25. The molecule has 4 rings (SSSR count). The minimum absolute atomic E-state index is 0.0834. The Morgan fingerprint density at radius 3 is 2.53 bits per heavy atom. The molecule has 3 aromatic rings. The van der Waals surface area contributed by atoms with Crippen LogP contribution in [0.15, 0.2) is 40.3 Å². The number of rotatable bonds is 5. The zero-order valence-corrected chi connectivity index (χ0v) is 21.4. The van der Waals surface area contributed by atoms with Gasteiger partial charge < -0.3 is 5.32 Å². The molecule has 13 heteroatoms. The molecule has 0 saturated carbocycles. The summed E-state index contributed by atoms with van der Waals surface area (Å²) in [7, 11) is -3.99. The number of aromatic nitrogens is 2. The van der Waals surface area contributed by atoms with Crippen LogP contribution in [-0.2, 0) is 27.5 Å². The lowest BCUT2D eigenvalue weighted by atomic mass is 9.94. The number of amides is 1. The van der Waals surface area contributed by atoms with Crippen LogP contribution >= 0.6 is 11.3 Å². The summed E-state index contributed by atoms with van der Waals surface area (Å²) in [6.45, 7) is 5.71. The van der Waals surface area contributed by atoms with Crippen LogP contribution in [0, 0.1) is 18.8 Å². The summed E-state index contributed by atoms with van der Waals surface area (Å²) in [5.74, 6) is -0.418. The molecule has 1 amide bonds. The van der Waals surface area contributed by atoms with Crippen molar-refractivity contribution < 1.29 is 26.4 Å². The Hall–Kier alpha value is -2.77. The first-order valence-electron chi connectivity index (χ1n) is 11.2. The topological polar surface area (TPSA) is 101 Å². The standard InChI is InChI=1S/C23H25F3N4O4S2/c1-13-7-14(2)10-30(9-13)36(33,34)20-15(3)35-21-19(20)22(32)29(12-27-21)11-18(31)28-17-6-4-5-16(8-17)23(24,25)26/h4-6,8,12-14H,7,9-11H2,1-3H3,(H,28,31)/t13-,14+. The lowest BCUT2D eigenvalue weighted by Gasteiger charge is -2.34. The van der Waals surface area contributed by atoms with Crippen molar-refractivity contribution in [3.63, 3.8) is 0 Å². The van der Waals surface area contributed by atoms with Crippen molar-refractivity contribution in [1.29, 1.82) is 0 Å². The van der Waals surface area contributed by atoms with Gasteiger partial charge in [-0.3, -0.25) is 14.2 Å². The van der Waals surface area contributed by atoms with Crippen molar-refractivity contribution in [2.45, 2.75) is 44.8 Å². The van der Waals surface area contributed by atoms with Crippen LogP contribution in [0.2, 0.25) is 0 Å². The van der Waals surface area contributed by atoms with Gasteiger partial charge in [-0.25, -0.2) is 13.4 Å². The smallest absolute Gasteiger partial charge is 0.325 e. The molecule has 1 saturated heterocycles. The molecule has 0 spiro atoms. The second kappa shape index (κ2) is 9.60. The van der Waals surface area contributed by atoms with E-state index in [9.17, 15) is 31.2 Å². The minimum atomic E-state index is -4.57. The van der Waals surface area contributed by atoms with Crippen molar-refractivity contribution in [3.05, 3.63) is 51.4 Å². The number of anilines is 1. The van der Waals surface area contributed by atoms with Crippen molar-refractivity contribution in [3.8, 4) is 0 Å². The summed E-state index contributed by atoms with van der Waals surface area (Å²) in [6.07, 6.45) is -2.53. The number of thiophene rings is 1. The number of sulfonamides is 1. The summed E-state index contributed by atoms with van der Waals surface area (Å²) in [5.41, 5.74) is -1.72. The van der Waals surface area contributed by atoms with Gasteiger partial charge in [0, 0.05) is 23.7 Å². The van der Waals surface area contributed by atoms with Gasteiger partial charge in [-0.2, -0.15) is 17.5 Å². The van der Waals surface area contributed by atoms with E-state index in [4.69, 9.17) is 0 Å². The SMILES string of the molecule is Cc1sc2ncn(CC(=O)Nc3cccc(C(F)(F)F)c3)c(=O)c2c1S(=O)(=O)N1C[C@H](C)C[C@H](C)C1. The Kier molecular flexibility index (Phi) is 7.01. The molecular weight excluding hydrogens is 517 g/mol. The summed E-state index contributed by atoms with van der Waals surface area (Å²) in [6, 6.07) is 4.12. The van der Waals surface area contributed by atoms with Crippen LogP contribution in [0.4, 0.5) is 18.9 Å². The first-order chi connectivity index (χ1) is 16.8. The first-order valence-corrected chi connectivity index (χ1v) is 13.5. The number of hydrogen-bond donors (Lipinski definition) is 1. The fraction of sp³-hybridized carbons (Fsp3) is 0.435. The highest BCUT2D eigenvalue weighted by Gasteiger charge is 2.36. The molecule has 3 heterocycles. The molecule has 0 unspecified atom stereocenters. The zero-order chi connectivity index (χ0) is 26.4. The van der Waals surface area contributed by atoms with E-state index < -0.39 is 39.8 Å². The number of halogens is 3. The molecule has 36 heavy (non-hydrogen) atoms. The van der Waals surface area contributed by atoms with Crippen LogP contribution in [0.5, 0.6) is 0 Å². The average Bonchev–Trinajstić information content (AvgIpc) is 3.12. The lowest BCUT2D eigenvalue weighted by molar-refractivity contribution is -0.137. The Morgan fingerprint density at radius 1 is 1.22 bits per heavy atom. The predicted octanol–water partition coefficient (Wildman–Crippen LogP) is 4.09. The maximum absolute atomic E-state index is 13.6. The molecule has 0 radical (unpaired) electrons. The molecule has 194 valence electrons. The highest BCUT2D eigenvalue weighted by Crippen LogP contribution is 2.35. The van der Waals surface area contributed by atoms with E-state index in [2.05, 4.69) is 10.3 Å². The number of piperidine rings is 1. The third-order valence-corrected chi connectivity index (χ3v) is 9.17. The minimum Gasteiger partial charge on any atom is -0.325 e. The maximum Gasteiger partial charge on any atom is 0.416 e. The Bertz CT molecular complexity index is 1470. The maximum atomic E-state index is 13.6. The molecule has 1 aliphatic heterocycles. The number of hydrogen-bond acceptors (Lipinski definition) is 6. The largest absolute Gasteiger partial charge is 0.416 e. The fourth-order valence-corrected chi connectivity index (χ4v) is 7.94. The van der Waals surface area contributed by atoms with E-state index in [1.165, 1.54) is 10.4 Å². The Labute approximate surface area is 209 Å². The number of alkyl halides is 3. The fourth-order valence-electron chi connectivity index (χ4n) is 4.60. The van der Waals surface area contributed by atoms with Crippen LogP contribution in [0.3, 0.4) is 0 Å². The van der Waals surface area contributed by atoms with Crippen molar-refractivity contribution in [2.24, 2.45) is 11.8 Å². The van der Waals surface area contributed by atoms with Gasteiger partial charge in [0.05, 0.1) is 17.3 Å². The Morgan fingerprint density at radius 2 is 1.89 bits per heavy atom.